The van der Waals surface area contributed by atoms with Crippen LogP contribution in [0.1, 0.15) is 33.6 Å². The number of hydrogen-bond donors (Lipinski definition) is 1. The van der Waals surface area contributed by atoms with Gasteiger partial charge in [-0.1, -0.05) is 6.92 Å². The molecule has 2 unspecified atom stereocenters. The molecule has 0 aromatic carbocycles. The maximum atomic E-state index is 12.3. The first-order chi connectivity index (χ1) is 8.99. The third-order valence-electron chi connectivity index (χ3n) is 3.83. The molecule has 0 aromatic rings. The molecule has 1 heterocycles. The van der Waals surface area contributed by atoms with Crippen LogP contribution in [-0.4, -0.2) is 60.9 Å². The molecule has 2 atom stereocenters. The summed E-state index contributed by atoms with van der Waals surface area (Å²) in [6, 6.07) is -0.127. The molecule has 0 saturated carbocycles. The summed E-state index contributed by atoms with van der Waals surface area (Å²) in [5.74, 6) is 0.624. The van der Waals surface area contributed by atoms with E-state index in [2.05, 4.69) is 12.2 Å². The molecular formula is C14H27N3O2. The van der Waals surface area contributed by atoms with Gasteiger partial charge in [-0.15, -0.1) is 0 Å². The zero-order valence-corrected chi connectivity index (χ0v) is 12.6. The van der Waals surface area contributed by atoms with E-state index in [-0.39, 0.29) is 24.4 Å². The molecule has 110 valence electrons. The maximum Gasteiger partial charge on any atom is 0.242 e. The first-order valence-corrected chi connectivity index (χ1v) is 7.25. The number of likely N-dealkylation sites (N-methyl/N-ethyl adjacent to an activating group) is 2. The summed E-state index contributed by atoms with van der Waals surface area (Å²) in [6.45, 7) is 8.51. The Bertz CT molecular complexity index is 316. The minimum absolute atomic E-state index is 0.0182. The summed E-state index contributed by atoms with van der Waals surface area (Å²) in [4.78, 5) is 27.6. The fourth-order valence-corrected chi connectivity index (χ4v) is 2.52. The lowest BCUT2D eigenvalue weighted by molar-refractivity contribution is -0.140. The van der Waals surface area contributed by atoms with Crippen molar-refractivity contribution in [2.45, 2.75) is 39.7 Å². The molecule has 19 heavy (non-hydrogen) atoms. The number of rotatable bonds is 5. The van der Waals surface area contributed by atoms with Gasteiger partial charge in [0.05, 0.1) is 12.6 Å². The van der Waals surface area contributed by atoms with E-state index in [1.54, 1.807) is 16.8 Å². The van der Waals surface area contributed by atoms with Gasteiger partial charge in [-0.2, -0.15) is 0 Å². The van der Waals surface area contributed by atoms with E-state index >= 15 is 0 Å². The highest BCUT2D eigenvalue weighted by molar-refractivity contribution is 5.87. The van der Waals surface area contributed by atoms with Crippen LogP contribution in [0, 0.1) is 5.92 Å². The van der Waals surface area contributed by atoms with Crippen LogP contribution in [0.4, 0.5) is 0 Å². The van der Waals surface area contributed by atoms with Gasteiger partial charge in [0.25, 0.3) is 0 Å². The topological polar surface area (TPSA) is 52.7 Å². The minimum Gasteiger partial charge on any atom is -0.342 e. The zero-order chi connectivity index (χ0) is 14.4. The number of nitrogens with zero attached hydrogens (tertiary/aromatic N) is 2. The molecule has 1 fully saturated rings. The van der Waals surface area contributed by atoms with Crippen LogP contribution in [0.2, 0.25) is 0 Å². The molecule has 0 aromatic heterocycles. The second-order valence-electron chi connectivity index (χ2n) is 5.40. The Balaban J connectivity index is 2.50. The average Bonchev–Trinajstić information content (AvgIpc) is 2.39. The Labute approximate surface area is 116 Å². The molecule has 0 bridgehead atoms. The van der Waals surface area contributed by atoms with E-state index in [9.17, 15) is 9.59 Å². The highest BCUT2D eigenvalue weighted by Crippen LogP contribution is 2.16. The second kappa shape index (κ2) is 7.48. The predicted octanol–water partition coefficient (Wildman–Crippen LogP) is 0.701. The van der Waals surface area contributed by atoms with Gasteiger partial charge >= 0.3 is 0 Å². The molecule has 5 nitrogen and oxygen atoms in total. The van der Waals surface area contributed by atoms with Crippen molar-refractivity contribution in [3.05, 3.63) is 0 Å². The molecule has 2 amide bonds. The van der Waals surface area contributed by atoms with E-state index in [1.165, 1.54) is 0 Å². The number of piperidine rings is 1. The first kappa shape index (κ1) is 16.0. The number of hydrogen-bond acceptors (Lipinski definition) is 3. The fraction of sp³-hybridized carbons (Fsp3) is 0.857. The molecule has 0 aliphatic carbocycles. The Morgan fingerprint density at radius 3 is 2.42 bits per heavy atom. The Kier molecular flexibility index (Phi) is 6.28. The molecule has 1 saturated heterocycles. The molecular weight excluding hydrogens is 242 g/mol. The van der Waals surface area contributed by atoms with Crippen LogP contribution in [0.25, 0.3) is 0 Å². The molecule has 5 heteroatoms. The molecule has 1 rings (SSSR count). The van der Waals surface area contributed by atoms with Crippen LogP contribution in [-0.2, 0) is 9.59 Å². The van der Waals surface area contributed by atoms with E-state index in [0.717, 1.165) is 19.4 Å². The summed E-state index contributed by atoms with van der Waals surface area (Å²) < 4.78 is 0. The first-order valence-electron chi connectivity index (χ1n) is 7.25. The predicted molar refractivity (Wildman–Crippen MR) is 75.8 cm³/mol. The fourth-order valence-electron chi connectivity index (χ4n) is 2.52. The van der Waals surface area contributed by atoms with Crippen molar-refractivity contribution in [1.29, 1.82) is 0 Å². The quantitative estimate of drug-likeness (QED) is 0.799. The van der Waals surface area contributed by atoms with E-state index in [0.29, 0.717) is 19.0 Å². The van der Waals surface area contributed by atoms with Crippen molar-refractivity contribution < 1.29 is 9.59 Å². The maximum absolute atomic E-state index is 12.3. The number of amides is 2. The lowest BCUT2D eigenvalue weighted by atomic mass is 9.93. The van der Waals surface area contributed by atoms with Gasteiger partial charge in [-0.05, 0) is 39.2 Å². The van der Waals surface area contributed by atoms with Gasteiger partial charge in [0.1, 0.15) is 0 Å². The Morgan fingerprint density at radius 2 is 1.89 bits per heavy atom. The van der Waals surface area contributed by atoms with Crippen LogP contribution >= 0.6 is 0 Å². The van der Waals surface area contributed by atoms with Crippen LogP contribution in [0.3, 0.4) is 0 Å². The van der Waals surface area contributed by atoms with E-state index < -0.39 is 0 Å². The third kappa shape index (κ3) is 4.49. The highest BCUT2D eigenvalue weighted by Gasteiger charge is 2.28. The smallest absolute Gasteiger partial charge is 0.242 e. The van der Waals surface area contributed by atoms with Crippen LogP contribution in [0.15, 0.2) is 0 Å². The van der Waals surface area contributed by atoms with Crippen molar-refractivity contribution in [2.75, 3.05) is 33.2 Å². The largest absolute Gasteiger partial charge is 0.342 e. The van der Waals surface area contributed by atoms with Gasteiger partial charge < -0.3 is 15.1 Å². The molecule has 0 spiro atoms. The number of nitrogens with one attached hydrogen (secondary N) is 1. The standard InChI is InChI=1S/C14H27N3O2/c1-5-17(6-2)13(18)10-16(4)14(19)12-9-11(3)7-8-15-12/h11-12,15H,5-10H2,1-4H3. The molecule has 1 aliphatic heterocycles. The average molecular weight is 269 g/mol. The summed E-state index contributed by atoms with van der Waals surface area (Å²) in [6.07, 6.45) is 1.98. The van der Waals surface area contributed by atoms with Crippen molar-refractivity contribution in [3.63, 3.8) is 0 Å². The monoisotopic (exact) mass is 269 g/mol. The normalized spacial score (nSPS) is 22.9. The zero-order valence-electron chi connectivity index (χ0n) is 12.6. The lowest BCUT2D eigenvalue weighted by Gasteiger charge is -2.31. The molecule has 0 radical (unpaired) electrons. The lowest BCUT2D eigenvalue weighted by Crippen LogP contribution is -2.51. The summed E-state index contributed by atoms with van der Waals surface area (Å²) in [5, 5.41) is 3.24. The number of carbonyl (C=O) groups is 2. The Hall–Kier alpha value is -1.10. The van der Waals surface area contributed by atoms with E-state index in [1.807, 2.05) is 13.8 Å². The Morgan fingerprint density at radius 1 is 1.26 bits per heavy atom. The highest BCUT2D eigenvalue weighted by atomic mass is 16.2. The third-order valence-corrected chi connectivity index (χ3v) is 3.83. The molecule has 1 aliphatic rings. The van der Waals surface area contributed by atoms with Crippen LogP contribution in [0.5, 0.6) is 0 Å². The van der Waals surface area contributed by atoms with Crippen LogP contribution < -0.4 is 5.32 Å². The van der Waals surface area contributed by atoms with Gasteiger partial charge in [0.2, 0.25) is 11.8 Å². The molecule has 1 N–H and O–H groups in total. The van der Waals surface area contributed by atoms with Gasteiger partial charge in [0.15, 0.2) is 0 Å². The van der Waals surface area contributed by atoms with Crippen molar-refractivity contribution >= 4 is 11.8 Å². The summed E-state index contributed by atoms with van der Waals surface area (Å²) >= 11 is 0. The number of carbonyl (C=O) groups excluding carboxylic acids is 2. The summed E-state index contributed by atoms with van der Waals surface area (Å²) in [7, 11) is 1.71. The van der Waals surface area contributed by atoms with Gasteiger partial charge in [-0.25, -0.2) is 0 Å². The second-order valence-corrected chi connectivity index (χ2v) is 5.40. The minimum atomic E-state index is -0.127. The van der Waals surface area contributed by atoms with Gasteiger partial charge in [0, 0.05) is 20.1 Å². The van der Waals surface area contributed by atoms with Crippen molar-refractivity contribution in [1.82, 2.24) is 15.1 Å². The van der Waals surface area contributed by atoms with E-state index in [4.69, 9.17) is 0 Å². The SMILES string of the molecule is CCN(CC)C(=O)CN(C)C(=O)C1CC(C)CCN1. The summed E-state index contributed by atoms with van der Waals surface area (Å²) in [5.41, 5.74) is 0. The van der Waals surface area contributed by atoms with Crippen molar-refractivity contribution in [3.8, 4) is 0 Å². The van der Waals surface area contributed by atoms with Crippen molar-refractivity contribution in [2.24, 2.45) is 5.92 Å². The van der Waals surface area contributed by atoms with Gasteiger partial charge in [-0.3, -0.25) is 9.59 Å².